The first-order chi connectivity index (χ1) is 6.63. The topological polar surface area (TPSA) is 50.1 Å². The highest BCUT2D eigenvalue weighted by Gasteiger charge is 2.04. The number of carbonyl (C=O) groups excluding carboxylic acids is 1. The molecule has 0 atom stereocenters. The molecule has 0 aromatic heterocycles. The highest BCUT2D eigenvalue weighted by atomic mass is 16.5. The van der Waals surface area contributed by atoms with Gasteiger partial charge in [0.1, 0.15) is 5.75 Å². The lowest BCUT2D eigenvalue weighted by Gasteiger charge is -2.02. The van der Waals surface area contributed by atoms with Crippen LogP contribution in [-0.4, -0.2) is 5.97 Å². The predicted octanol–water partition coefficient (Wildman–Crippen LogP) is 2.04. The maximum atomic E-state index is 11.1. The van der Waals surface area contributed by atoms with Gasteiger partial charge in [-0.2, -0.15) is 5.26 Å². The molecule has 3 heteroatoms. The van der Waals surface area contributed by atoms with Gasteiger partial charge in [-0.05, 0) is 31.2 Å². The molecule has 0 N–H and O–H groups in total. The first kappa shape index (κ1) is 10.0. The molecule has 0 saturated heterocycles. The lowest BCUT2D eigenvalue weighted by Crippen LogP contribution is -2.07. The summed E-state index contributed by atoms with van der Waals surface area (Å²) in [6.45, 7) is 5.03. The number of rotatable bonds is 2. The van der Waals surface area contributed by atoms with E-state index in [1.807, 2.05) is 6.07 Å². The van der Waals surface area contributed by atoms with Crippen molar-refractivity contribution in [2.45, 2.75) is 6.92 Å². The van der Waals surface area contributed by atoms with Crippen LogP contribution < -0.4 is 4.74 Å². The number of hydrogen-bond acceptors (Lipinski definition) is 3. The molecule has 0 radical (unpaired) electrons. The summed E-state index contributed by atoms with van der Waals surface area (Å²) in [5.74, 6) is -0.0493. The zero-order valence-corrected chi connectivity index (χ0v) is 7.78. The molecule has 0 aliphatic rings. The number of ether oxygens (including phenoxy) is 1. The average Bonchev–Trinajstić information content (AvgIpc) is 2.19. The maximum Gasteiger partial charge on any atom is 0.338 e. The summed E-state index contributed by atoms with van der Waals surface area (Å²) in [4.78, 5) is 11.1. The van der Waals surface area contributed by atoms with Crippen LogP contribution in [0.4, 0.5) is 0 Å². The van der Waals surface area contributed by atoms with E-state index in [1.165, 1.54) is 0 Å². The van der Waals surface area contributed by atoms with Crippen molar-refractivity contribution in [2.75, 3.05) is 0 Å². The van der Waals surface area contributed by atoms with E-state index in [1.54, 1.807) is 31.2 Å². The normalized spacial score (nSPS) is 8.86. The van der Waals surface area contributed by atoms with E-state index < -0.39 is 5.97 Å². The van der Waals surface area contributed by atoms with Crippen LogP contribution >= 0.6 is 0 Å². The molecule has 0 fully saturated rings. The Bertz CT molecular complexity index is 398. The van der Waals surface area contributed by atoms with Crippen molar-refractivity contribution >= 4 is 5.97 Å². The van der Waals surface area contributed by atoms with Crippen LogP contribution in [0.1, 0.15) is 12.5 Å². The molecule has 0 amide bonds. The van der Waals surface area contributed by atoms with E-state index in [0.29, 0.717) is 16.9 Å². The fourth-order valence-corrected chi connectivity index (χ4v) is 0.792. The molecular formula is C11H9NO2. The molecule has 1 aromatic carbocycles. The van der Waals surface area contributed by atoms with Gasteiger partial charge in [0.15, 0.2) is 0 Å². The SMILES string of the molecule is C=C(C)C(=O)Oc1ccc(C#N)cc1. The number of benzene rings is 1. The third-order valence-electron chi connectivity index (χ3n) is 1.54. The smallest absolute Gasteiger partial charge is 0.338 e. The van der Waals surface area contributed by atoms with Crippen LogP contribution in [0.5, 0.6) is 5.75 Å². The van der Waals surface area contributed by atoms with Gasteiger partial charge in [-0.3, -0.25) is 0 Å². The molecule has 1 aromatic rings. The number of nitriles is 1. The zero-order valence-electron chi connectivity index (χ0n) is 7.78. The second-order valence-electron chi connectivity index (χ2n) is 2.81. The molecule has 1 rings (SSSR count). The van der Waals surface area contributed by atoms with Gasteiger partial charge < -0.3 is 4.74 Å². The van der Waals surface area contributed by atoms with E-state index >= 15 is 0 Å². The van der Waals surface area contributed by atoms with Gasteiger partial charge in [-0.15, -0.1) is 0 Å². The molecule has 0 bridgehead atoms. The molecule has 0 aliphatic heterocycles. The monoisotopic (exact) mass is 187 g/mol. The molecule has 0 spiro atoms. The van der Waals surface area contributed by atoms with Crippen LogP contribution in [-0.2, 0) is 4.79 Å². The van der Waals surface area contributed by atoms with Crippen molar-refractivity contribution in [2.24, 2.45) is 0 Å². The minimum absolute atomic E-state index is 0.342. The Morgan fingerprint density at radius 3 is 2.43 bits per heavy atom. The standard InChI is InChI=1S/C11H9NO2/c1-8(2)11(13)14-10-5-3-9(7-12)4-6-10/h3-6H,1H2,2H3. The van der Waals surface area contributed by atoms with Gasteiger partial charge >= 0.3 is 5.97 Å². The number of hydrogen-bond donors (Lipinski definition) is 0. The van der Waals surface area contributed by atoms with E-state index in [9.17, 15) is 4.79 Å². The molecule has 0 aliphatic carbocycles. The van der Waals surface area contributed by atoms with Gasteiger partial charge in [-0.1, -0.05) is 6.58 Å². The average molecular weight is 187 g/mol. The lowest BCUT2D eigenvalue weighted by molar-refractivity contribution is -0.130. The van der Waals surface area contributed by atoms with Gasteiger partial charge in [-0.25, -0.2) is 4.79 Å². The largest absolute Gasteiger partial charge is 0.423 e. The van der Waals surface area contributed by atoms with Crippen molar-refractivity contribution in [1.82, 2.24) is 0 Å². The molecule has 14 heavy (non-hydrogen) atoms. The highest BCUT2D eigenvalue weighted by Crippen LogP contribution is 2.12. The summed E-state index contributed by atoms with van der Waals surface area (Å²) in [5.41, 5.74) is 0.870. The van der Waals surface area contributed by atoms with E-state index in [2.05, 4.69) is 6.58 Å². The number of carbonyl (C=O) groups is 1. The Hall–Kier alpha value is -2.08. The number of esters is 1. The van der Waals surface area contributed by atoms with Gasteiger partial charge in [0.25, 0.3) is 0 Å². The molecule has 70 valence electrons. The zero-order chi connectivity index (χ0) is 10.6. The Kier molecular flexibility index (Phi) is 3.03. The third-order valence-corrected chi connectivity index (χ3v) is 1.54. The van der Waals surface area contributed by atoms with Crippen LogP contribution in [0.2, 0.25) is 0 Å². The fourth-order valence-electron chi connectivity index (χ4n) is 0.792. The summed E-state index contributed by atoms with van der Waals surface area (Å²) in [5, 5.41) is 8.53. The second kappa shape index (κ2) is 4.24. The first-order valence-electron chi connectivity index (χ1n) is 4.01. The summed E-state index contributed by atoms with van der Waals surface area (Å²) < 4.78 is 4.93. The van der Waals surface area contributed by atoms with Crippen LogP contribution in [0.3, 0.4) is 0 Å². The Morgan fingerprint density at radius 1 is 1.43 bits per heavy atom. The predicted molar refractivity (Wildman–Crippen MR) is 51.6 cm³/mol. The lowest BCUT2D eigenvalue weighted by atomic mass is 10.2. The Morgan fingerprint density at radius 2 is 2.00 bits per heavy atom. The van der Waals surface area contributed by atoms with Crippen LogP contribution in [0.25, 0.3) is 0 Å². The first-order valence-corrected chi connectivity index (χ1v) is 4.01. The highest BCUT2D eigenvalue weighted by molar-refractivity contribution is 5.88. The van der Waals surface area contributed by atoms with Crippen LogP contribution in [0.15, 0.2) is 36.4 Å². The van der Waals surface area contributed by atoms with Crippen LogP contribution in [0, 0.1) is 11.3 Å². The summed E-state index contributed by atoms with van der Waals surface area (Å²) >= 11 is 0. The van der Waals surface area contributed by atoms with E-state index in [-0.39, 0.29) is 0 Å². The Labute approximate surface area is 82.2 Å². The van der Waals surface area contributed by atoms with Gasteiger partial charge in [0, 0.05) is 5.57 Å². The Balaban J connectivity index is 2.75. The van der Waals surface area contributed by atoms with Crippen molar-refractivity contribution in [1.29, 1.82) is 5.26 Å². The fraction of sp³-hybridized carbons (Fsp3) is 0.0909. The summed E-state index contributed by atoms with van der Waals surface area (Å²) in [7, 11) is 0. The maximum absolute atomic E-state index is 11.1. The van der Waals surface area contributed by atoms with E-state index in [0.717, 1.165) is 0 Å². The summed E-state index contributed by atoms with van der Waals surface area (Å²) in [6.07, 6.45) is 0. The van der Waals surface area contributed by atoms with E-state index in [4.69, 9.17) is 10.00 Å². The summed E-state index contributed by atoms with van der Waals surface area (Å²) in [6, 6.07) is 8.28. The molecule has 3 nitrogen and oxygen atoms in total. The minimum atomic E-state index is -0.463. The molecule has 0 saturated carbocycles. The van der Waals surface area contributed by atoms with Crippen molar-refractivity contribution in [3.63, 3.8) is 0 Å². The van der Waals surface area contributed by atoms with Gasteiger partial charge in [0.05, 0.1) is 11.6 Å². The third kappa shape index (κ3) is 2.46. The molecule has 0 heterocycles. The van der Waals surface area contributed by atoms with Crippen molar-refractivity contribution in [3.05, 3.63) is 42.0 Å². The number of nitrogens with zero attached hydrogens (tertiary/aromatic N) is 1. The molecular weight excluding hydrogens is 178 g/mol. The second-order valence-corrected chi connectivity index (χ2v) is 2.81. The van der Waals surface area contributed by atoms with Crippen molar-refractivity contribution in [3.8, 4) is 11.8 Å². The van der Waals surface area contributed by atoms with Crippen molar-refractivity contribution < 1.29 is 9.53 Å². The quantitative estimate of drug-likeness (QED) is 0.404. The molecule has 0 unspecified atom stereocenters. The minimum Gasteiger partial charge on any atom is -0.423 e. The van der Waals surface area contributed by atoms with Gasteiger partial charge in [0.2, 0.25) is 0 Å².